The molecule has 1 aromatic carbocycles. The molecular formula is C12H16O3. The molecule has 1 aromatic rings. The minimum atomic E-state index is 0.0177. The first-order valence-corrected chi connectivity index (χ1v) is 5.16. The Balaban J connectivity index is 2.21. The lowest BCUT2D eigenvalue weighted by molar-refractivity contribution is 0.210. The lowest BCUT2D eigenvalue weighted by Crippen LogP contribution is -2.10. The van der Waals surface area contributed by atoms with Gasteiger partial charge in [0.1, 0.15) is 0 Å². The quantitative estimate of drug-likeness (QED) is 0.792. The fraction of sp³-hybridized carbons (Fsp3) is 0.500. The molecule has 0 spiro atoms. The zero-order valence-corrected chi connectivity index (χ0v) is 8.86. The van der Waals surface area contributed by atoms with Crippen molar-refractivity contribution in [2.75, 3.05) is 13.7 Å². The summed E-state index contributed by atoms with van der Waals surface area (Å²) in [5.74, 6) is 0.709. The molecule has 15 heavy (non-hydrogen) atoms. The van der Waals surface area contributed by atoms with Crippen LogP contribution in [-0.2, 0) is 6.42 Å². The topological polar surface area (TPSA) is 49.7 Å². The summed E-state index contributed by atoms with van der Waals surface area (Å²) in [5, 5.41) is 19.1. The minimum absolute atomic E-state index is 0.0177. The fourth-order valence-corrected chi connectivity index (χ4v) is 1.85. The summed E-state index contributed by atoms with van der Waals surface area (Å²) < 4.78 is 5.04. The van der Waals surface area contributed by atoms with Gasteiger partial charge in [-0.05, 0) is 36.3 Å². The van der Waals surface area contributed by atoms with E-state index in [4.69, 9.17) is 4.74 Å². The Bertz CT molecular complexity index is 356. The highest BCUT2D eigenvalue weighted by atomic mass is 16.5. The van der Waals surface area contributed by atoms with Crippen molar-refractivity contribution in [3.05, 3.63) is 23.8 Å². The average molecular weight is 208 g/mol. The van der Waals surface area contributed by atoms with Crippen molar-refractivity contribution in [1.29, 1.82) is 0 Å². The van der Waals surface area contributed by atoms with Gasteiger partial charge in [-0.15, -0.1) is 0 Å². The van der Waals surface area contributed by atoms with E-state index in [2.05, 4.69) is 0 Å². The normalized spacial score (nSPS) is 17.5. The fourth-order valence-electron chi connectivity index (χ4n) is 1.85. The van der Waals surface area contributed by atoms with E-state index in [1.807, 2.05) is 12.1 Å². The van der Waals surface area contributed by atoms with Crippen molar-refractivity contribution in [2.45, 2.75) is 19.3 Å². The predicted molar refractivity (Wildman–Crippen MR) is 57.1 cm³/mol. The van der Waals surface area contributed by atoms with Gasteiger partial charge in [0.05, 0.1) is 7.11 Å². The maximum atomic E-state index is 9.87. The second-order valence-electron chi connectivity index (χ2n) is 4.30. The smallest absolute Gasteiger partial charge is 0.160 e. The second kappa shape index (κ2) is 3.74. The van der Waals surface area contributed by atoms with Gasteiger partial charge in [-0.3, -0.25) is 0 Å². The van der Waals surface area contributed by atoms with Gasteiger partial charge < -0.3 is 14.9 Å². The molecule has 0 saturated heterocycles. The third kappa shape index (κ3) is 1.92. The van der Waals surface area contributed by atoms with Crippen molar-refractivity contribution in [3.63, 3.8) is 0 Å². The number of aliphatic hydroxyl groups excluding tert-OH is 1. The molecule has 1 fully saturated rings. The maximum absolute atomic E-state index is 9.87. The van der Waals surface area contributed by atoms with E-state index in [0.717, 1.165) is 24.8 Å². The molecule has 0 bridgehead atoms. The number of hydrogen-bond acceptors (Lipinski definition) is 3. The van der Waals surface area contributed by atoms with Gasteiger partial charge in [0, 0.05) is 6.61 Å². The second-order valence-corrected chi connectivity index (χ2v) is 4.30. The van der Waals surface area contributed by atoms with Crippen LogP contribution in [0.15, 0.2) is 18.2 Å². The van der Waals surface area contributed by atoms with Crippen LogP contribution in [0, 0.1) is 5.41 Å². The Morgan fingerprint density at radius 2 is 2.13 bits per heavy atom. The molecule has 2 rings (SSSR count). The molecule has 0 amide bonds. The van der Waals surface area contributed by atoms with E-state index < -0.39 is 0 Å². The first-order chi connectivity index (χ1) is 7.21. The van der Waals surface area contributed by atoms with Gasteiger partial charge in [-0.25, -0.2) is 0 Å². The van der Waals surface area contributed by atoms with Crippen LogP contribution in [-0.4, -0.2) is 23.9 Å². The zero-order chi connectivity index (χ0) is 10.9. The van der Waals surface area contributed by atoms with Gasteiger partial charge in [0.15, 0.2) is 11.5 Å². The molecule has 0 radical (unpaired) electrons. The number of hydrogen-bond donors (Lipinski definition) is 2. The number of para-hydroxylation sites is 1. The number of aliphatic hydroxyl groups is 1. The van der Waals surface area contributed by atoms with Crippen LogP contribution in [0.5, 0.6) is 11.5 Å². The van der Waals surface area contributed by atoms with Gasteiger partial charge >= 0.3 is 0 Å². The van der Waals surface area contributed by atoms with Gasteiger partial charge in [0.2, 0.25) is 0 Å². The van der Waals surface area contributed by atoms with Crippen LogP contribution in [0.4, 0.5) is 0 Å². The molecule has 0 heterocycles. The van der Waals surface area contributed by atoms with Crippen LogP contribution in [0.2, 0.25) is 0 Å². The Morgan fingerprint density at radius 1 is 1.40 bits per heavy atom. The van der Waals surface area contributed by atoms with Crippen molar-refractivity contribution in [1.82, 2.24) is 0 Å². The number of phenols is 1. The SMILES string of the molecule is COc1cccc(CC2(CO)CC2)c1O. The molecule has 1 saturated carbocycles. The minimum Gasteiger partial charge on any atom is -0.504 e. The van der Waals surface area contributed by atoms with Crippen molar-refractivity contribution >= 4 is 0 Å². The Labute approximate surface area is 89.3 Å². The predicted octanol–water partition coefficient (Wildman–Crippen LogP) is 1.72. The maximum Gasteiger partial charge on any atom is 0.160 e. The summed E-state index contributed by atoms with van der Waals surface area (Å²) in [4.78, 5) is 0. The first-order valence-electron chi connectivity index (χ1n) is 5.16. The van der Waals surface area contributed by atoms with E-state index >= 15 is 0 Å². The number of phenolic OH excluding ortho intramolecular Hbond substituents is 1. The van der Waals surface area contributed by atoms with E-state index in [0.29, 0.717) is 5.75 Å². The molecule has 0 atom stereocenters. The summed E-state index contributed by atoms with van der Waals surface area (Å²) in [6, 6.07) is 5.48. The lowest BCUT2D eigenvalue weighted by Gasteiger charge is -2.14. The lowest BCUT2D eigenvalue weighted by atomic mass is 9.96. The Kier molecular flexibility index (Phi) is 2.57. The summed E-state index contributed by atoms with van der Waals surface area (Å²) in [7, 11) is 1.54. The van der Waals surface area contributed by atoms with Crippen LogP contribution in [0.3, 0.4) is 0 Å². The van der Waals surface area contributed by atoms with Crippen LogP contribution >= 0.6 is 0 Å². The largest absolute Gasteiger partial charge is 0.504 e. The number of methoxy groups -OCH3 is 1. The zero-order valence-electron chi connectivity index (χ0n) is 8.86. The molecule has 0 unspecified atom stereocenters. The standard InChI is InChI=1S/C12H16O3/c1-15-10-4-2-3-9(11(10)14)7-12(8-13)5-6-12/h2-4,13-14H,5-8H2,1H3. The highest BCUT2D eigenvalue weighted by Crippen LogP contribution is 2.49. The molecule has 3 nitrogen and oxygen atoms in total. The molecular weight excluding hydrogens is 192 g/mol. The number of ether oxygens (including phenoxy) is 1. The average Bonchev–Trinajstić information content (AvgIpc) is 3.02. The number of aromatic hydroxyl groups is 1. The van der Waals surface area contributed by atoms with E-state index in [1.54, 1.807) is 6.07 Å². The van der Waals surface area contributed by atoms with E-state index in [1.165, 1.54) is 7.11 Å². The molecule has 0 aromatic heterocycles. The van der Waals surface area contributed by atoms with Gasteiger partial charge in [-0.1, -0.05) is 12.1 Å². The van der Waals surface area contributed by atoms with Crippen molar-refractivity contribution in [2.24, 2.45) is 5.41 Å². The molecule has 3 heteroatoms. The summed E-state index contributed by atoms with van der Waals surface area (Å²) in [6.07, 6.45) is 2.81. The van der Waals surface area contributed by atoms with E-state index in [-0.39, 0.29) is 17.8 Å². The summed E-state index contributed by atoms with van der Waals surface area (Å²) in [6.45, 7) is 0.198. The third-order valence-electron chi connectivity index (χ3n) is 3.16. The number of rotatable bonds is 4. The van der Waals surface area contributed by atoms with Crippen LogP contribution in [0.1, 0.15) is 18.4 Å². The first kappa shape index (κ1) is 10.3. The van der Waals surface area contributed by atoms with Crippen molar-refractivity contribution in [3.8, 4) is 11.5 Å². The summed E-state index contributed by atoms with van der Waals surface area (Å²) in [5.41, 5.74) is 0.880. The number of benzene rings is 1. The highest BCUT2D eigenvalue weighted by molar-refractivity contribution is 5.46. The Hall–Kier alpha value is -1.22. The molecule has 2 N–H and O–H groups in total. The molecule has 82 valence electrons. The van der Waals surface area contributed by atoms with E-state index in [9.17, 15) is 10.2 Å². The van der Waals surface area contributed by atoms with Crippen LogP contribution in [0.25, 0.3) is 0 Å². The van der Waals surface area contributed by atoms with Gasteiger partial charge in [-0.2, -0.15) is 0 Å². The molecule has 1 aliphatic rings. The van der Waals surface area contributed by atoms with Crippen molar-refractivity contribution < 1.29 is 14.9 Å². The molecule has 0 aliphatic heterocycles. The Morgan fingerprint density at radius 3 is 2.67 bits per heavy atom. The highest BCUT2D eigenvalue weighted by Gasteiger charge is 2.42. The summed E-state index contributed by atoms with van der Waals surface area (Å²) >= 11 is 0. The third-order valence-corrected chi connectivity index (χ3v) is 3.16. The monoisotopic (exact) mass is 208 g/mol. The van der Waals surface area contributed by atoms with Gasteiger partial charge in [0.25, 0.3) is 0 Å². The van der Waals surface area contributed by atoms with Crippen LogP contribution < -0.4 is 4.74 Å². The molecule has 1 aliphatic carbocycles.